The van der Waals surface area contributed by atoms with Crippen molar-refractivity contribution >= 4 is 27.3 Å². The minimum atomic E-state index is 0.154. The summed E-state index contributed by atoms with van der Waals surface area (Å²) >= 11 is 1.58. The Balaban J connectivity index is 1.55. The van der Waals surface area contributed by atoms with Crippen LogP contribution in [0.2, 0.25) is 0 Å². The Morgan fingerprint density at radius 1 is 1.41 bits per heavy atom. The summed E-state index contributed by atoms with van der Waals surface area (Å²) < 4.78 is 1.17. The van der Waals surface area contributed by atoms with Crippen LogP contribution < -0.4 is 0 Å². The number of nitrogens with zero attached hydrogens (tertiary/aromatic N) is 2. The molecule has 5 heteroatoms. The second kappa shape index (κ2) is 5.25. The van der Waals surface area contributed by atoms with Crippen LogP contribution in [-0.4, -0.2) is 34.1 Å². The van der Waals surface area contributed by atoms with Gasteiger partial charge in [0.2, 0.25) is 0 Å². The summed E-state index contributed by atoms with van der Waals surface area (Å²) in [6.07, 6.45) is 2.85. The molecule has 1 N–H and O–H groups in total. The number of carbonyl (C=O) groups is 1. The Morgan fingerprint density at radius 2 is 2.27 bits per heavy atom. The van der Waals surface area contributed by atoms with Crippen LogP contribution in [-0.2, 0) is 0 Å². The molecule has 2 aromatic heterocycles. The number of likely N-dealkylation sites (tertiary alicyclic amines) is 1. The number of nitrogens with one attached hydrogen (secondary N) is 1. The first-order chi connectivity index (χ1) is 10.7. The molecule has 1 aromatic carbocycles. The highest BCUT2D eigenvalue weighted by Crippen LogP contribution is 2.31. The van der Waals surface area contributed by atoms with Crippen molar-refractivity contribution in [3.8, 4) is 0 Å². The fraction of sp³-hybridized carbons (Fsp3) is 0.294. The quantitative estimate of drug-likeness (QED) is 0.786. The van der Waals surface area contributed by atoms with E-state index in [1.54, 1.807) is 11.3 Å². The van der Waals surface area contributed by atoms with Gasteiger partial charge in [-0.3, -0.25) is 9.89 Å². The van der Waals surface area contributed by atoms with Crippen LogP contribution in [0.25, 0.3) is 10.1 Å². The number of aromatic nitrogens is 2. The number of thiophene rings is 1. The Kier molecular flexibility index (Phi) is 3.22. The zero-order valence-corrected chi connectivity index (χ0v) is 13.2. The van der Waals surface area contributed by atoms with Crippen molar-refractivity contribution in [1.29, 1.82) is 0 Å². The molecule has 4 nitrogen and oxygen atoms in total. The summed E-state index contributed by atoms with van der Waals surface area (Å²) in [5.41, 5.74) is 2.35. The minimum absolute atomic E-state index is 0.154. The van der Waals surface area contributed by atoms with Crippen LogP contribution in [0.5, 0.6) is 0 Å². The molecule has 0 bridgehead atoms. The van der Waals surface area contributed by atoms with Crippen molar-refractivity contribution in [2.45, 2.75) is 19.3 Å². The lowest BCUT2D eigenvalue weighted by Gasteiger charge is -2.15. The van der Waals surface area contributed by atoms with Crippen LogP contribution in [0.3, 0.4) is 0 Å². The van der Waals surface area contributed by atoms with Crippen LogP contribution >= 0.6 is 11.3 Å². The van der Waals surface area contributed by atoms with Gasteiger partial charge in [0.1, 0.15) is 0 Å². The van der Waals surface area contributed by atoms with Crippen LogP contribution in [0.4, 0.5) is 0 Å². The first-order valence-corrected chi connectivity index (χ1v) is 8.32. The molecule has 1 saturated heterocycles. The number of aryl methyl sites for hydroxylation is 1. The van der Waals surface area contributed by atoms with Crippen molar-refractivity contribution in [3.05, 3.63) is 52.7 Å². The number of aromatic amines is 1. The molecular weight excluding hydrogens is 294 g/mol. The number of fused-ring (bicyclic) bond motifs is 1. The predicted octanol–water partition coefficient (Wildman–Crippen LogP) is 3.56. The van der Waals surface area contributed by atoms with E-state index >= 15 is 0 Å². The van der Waals surface area contributed by atoms with Crippen molar-refractivity contribution < 1.29 is 4.79 Å². The zero-order chi connectivity index (χ0) is 15.1. The van der Waals surface area contributed by atoms with E-state index in [1.165, 1.54) is 16.0 Å². The molecule has 1 fully saturated rings. The molecule has 0 saturated carbocycles. The Morgan fingerprint density at radius 3 is 3.05 bits per heavy atom. The molecule has 1 aliphatic rings. The summed E-state index contributed by atoms with van der Waals surface area (Å²) in [6, 6.07) is 10.2. The Bertz CT molecular complexity index is 802. The fourth-order valence-corrected chi connectivity index (χ4v) is 4.22. The highest BCUT2D eigenvalue weighted by atomic mass is 32.1. The molecule has 1 amide bonds. The average molecular weight is 311 g/mol. The third-order valence-corrected chi connectivity index (χ3v) is 5.49. The van der Waals surface area contributed by atoms with E-state index < -0.39 is 0 Å². The van der Waals surface area contributed by atoms with Gasteiger partial charge < -0.3 is 4.90 Å². The SMILES string of the molecule is Cc1cn[nH]c1C1CCN(C(=O)c2cc3ccccc3s2)C1. The summed E-state index contributed by atoms with van der Waals surface area (Å²) in [7, 11) is 0. The second-order valence-electron chi connectivity index (χ2n) is 5.85. The fourth-order valence-electron chi connectivity index (χ4n) is 3.19. The first-order valence-electron chi connectivity index (χ1n) is 7.50. The van der Waals surface area contributed by atoms with E-state index in [0.717, 1.165) is 29.8 Å². The van der Waals surface area contributed by atoms with Crippen molar-refractivity contribution in [3.63, 3.8) is 0 Å². The number of H-pyrrole nitrogens is 1. The van der Waals surface area contributed by atoms with E-state index in [4.69, 9.17) is 0 Å². The van der Waals surface area contributed by atoms with Crippen LogP contribution in [0, 0.1) is 6.92 Å². The molecule has 3 aromatic rings. The smallest absolute Gasteiger partial charge is 0.263 e. The zero-order valence-electron chi connectivity index (χ0n) is 12.4. The Hall–Kier alpha value is -2.14. The molecule has 0 spiro atoms. The molecule has 1 unspecified atom stereocenters. The summed E-state index contributed by atoms with van der Waals surface area (Å²) in [4.78, 5) is 15.5. The van der Waals surface area contributed by atoms with Gasteiger partial charge in [-0.25, -0.2) is 0 Å². The molecule has 4 rings (SSSR count). The number of hydrogen-bond acceptors (Lipinski definition) is 3. The highest BCUT2D eigenvalue weighted by molar-refractivity contribution is 7.20. The van der Waals surface area contributed by atoms with Gasteiger partial charge >= 0.3 is 0 Å². The molecule has 0 radical (unpaired) electrons. The molecule has 0 aliphatic carbocycles. The topological polar surface area (TPSA) is 49.0 Å². The summed E-state index contributed by atoms with van der Waals surface area (Å²) in [5.74, 6) is 0.529. The standard InChI is InChI=1S/C17H17N3OS/c1-11-9-18-19-16(11)13-6-7-20(10-13)17(21)15-8-12-4-2-3-5-14(12)22-15/h2-5,8-9,13H,6-7,10H2,1H3,(H,18,19). The highest BCUT2D eigenvalue weighted by Gasteiger charge is 2.30. The number of amides is 1. The van der Waals surface area contributed by atoms with Gasteiger partial charge in [-0.05, 0) is 36.4 Å². The lowest BCUT2D eigenvalue weighted by atomic mass is 10.0. The third kappa shape index (κ3) is 2.22. The molecule has 1 aliphatic heterocycles. The maximum absolute atomic E-state index is 12.7. The van der Waals surface area contributed by atoms with Gasteiger partial charge in [-0.15, -0.1) is 11.3 Å². The maximum atomic E-state index is 12.7. The third-order valence-electron chi connectivity index (χ3n) is 4.39. The number of rotatable bonds is 2. The number of benzene rings is 1. The van der Waals surface area contributed by atoms with E-state index in [0.29, 0.717) is 5.92 Å². The Labute approximate surface area is 132 Å². The van der Waals surface area contributed by atoms with E-state index in [-0.39, 0.29) is 5.91 Å². The van der Waals surface area contributed by atoms with Gasteiger partial charge in [0.25, 0.3) is 5.91 Å². The summed E-state index contributed by atoms with van der Waals surface area (Å²) in [5, 5.41) is 8.33. The molecule has 112 valence electrons. The molecule has 3 heterocycles. The van der Waals surface area contributed by atoms with Crippen molar-refractivity contribution in [1.82, 2.24) is 15.1 Å². The van der Waals surface area contributed by atoms with Gasteiger partial charge in [0.05, 0.1) is 11.1 Å². The van der Waals surface area contributed by atoms with Crippen LogP contribution in [0.15, 0.2) is 36.5 Å². The molecular formula is C17H17N3OS. The van der Waals surface area contributed by atoms with Crippen LogP contribution in [0.1, 0.15) is 33.3 Å². The lowest BCUT2D eigenvalue weighted by Crippen LogP contribution is -2.27. The monoisotopic (exact) mass is 311 g/mol. The largest absolute Gasteiger partial charge is 0.337 e. The van der Waals surface area contributed by atoms with Gasteiger partial charge in [-0.1, -0.05) is 18.2 Å². The minimum Gasteiger partial charge on any atom is -0.337 e. The first kappa shape index (κ1) is 13.5. The van der Waals surface area contributed by atoms with Gasteiger partial charge in [0.15, 0.2) is 0 Å². The maximum Gasteiger partial charge on any atom is 0.263 e. The van der Waals surface area contributed by atoms with E-state index in [9.17, 15) is 4.79 Å². The van der Waals surface area contributed by atoms with Gasteiger partial charge in [0, 0.05) is 29.4 Å². The molecule has 22 heavy (non-hydrogen) atoms. The number of carbonyl (C=O) groups excluding carboxylic acids is 1. The molecule has 1 atom stereocenters. The van der Waals surface area contributed by atoms with Crippen molar-refractivity contribution in [2.75, 3.05) is 13.1 Å². The number of hydrogen-bond donors (Lipinski definition) is 1. The van der Waals surface area contributed by atoms with Crippen molar-refractivity contribution in [2.24, 2.45) is 0 Å². The normalized spacial score (nSPS) is 18.2. The van der Waals surface area contributed by atoms with E-state index in [2.05, 4.69) is 29.3 Å². The summed E-state index contributed by atoms with van der Waals surface area (Å²) in [6.45, 7) is 3.65. The predicted molar refractivity (Wildman–Crippen MR) is 88.4 cm³/mol. The lowest BCUT2D eigenvalue weighted by molar-refractivity contribution is 0.0795. The average Bonchev–Trinajstić information content (AvgIpc) is 3.24. The van der Waals surface area contributed by atoms with Gasteiger partial charge in [-0.2, -0.15) is 5.10 Å². The second-order valence-corrected chi connectivity index (χ2v) is 6.94. The van der Waals surface area contributed by atoms with E-state index in [1.807, 2.05) is 29.3 Å².